The summed E-state index contributed by atoms with van der Waals surface area (Å²) in [6.07, 6.45) is 2.72. The maximum atomic E-state index is 12.1. The largest absolute Gasteiger partial charge is 0.482 e. The number of carbonyl (C=O) groups is 2. The van der Waals surface area contributed by atoms with Gasteiger partial charge in [0.2, 0.25) is 11.9 Å². The van der Waals surface area contributed by atoms with Crippen LogP contribution in [0.4, 0.5) is 11.6 Å². The van der Waals surface area contributed by atoms with Crippen LogP contribution in [0.1, 0.15) is 28.9 Å². The van der Waals surface area contributed by atoms with E-state index in [1.54, 1.807) is 35.5 Å². The van der Waals surface area contributed by atoms with Crippen LogP contribution in [0.2, 0.25) is 0 Å². The van der Waals surface area contributed by atoms with Gasteiger partial charge >= 0.3 is 0 Å². The van der Waals surface area contributed by atoms with E-state index < -0.39 is 6.10 Å². The second-order valence-electron chi connectivity index (χ2n) is 5.35. The Labute approximate surface area is 143 Å². The van der Waals surface area contributed by atoms with E-state index in [-0.39, 0.29) is 30.1 Å². The summed E-state index contributed by atoms with van der Waals surface area (Å²) in [6.45, 7) is 1.75. The first kappa shape index (κ1) is 16.2. The zero-order valence-corrected chi connectivity index (χ0v) is 13.7. The van der Waals surface area contributed by atoms with E-state index in [1.165, 1.54) is 6.92 Å². The van der Waals surface area contributed by atoms with Crippen LogP contribution in [-0.2, 0) is 4.79 Å². The highest BCUT2D eigenvalue weighted by Gasteiger charge is 2.30. The number of aromatic nitrogens is 2. The van der Waals surface area contributed by atoms with Crippen molar-refractivity contribution in [1.29, 1.82) is 0 Å². The highest BCUT2D eigenvalue weighted by atomic mass is 35.5. The van der Waals surface area contributed by atoms with Crippen LogP contribution in [0.3, 0.4) is 0 Å². The summed E-state index contributed by atoms with van der Waals surface area (Å²) in [5.41, 5.74) is 7.19. The Morgan fingerprint density at radius 3 is 2.71 bits per heavy atom. The van der Waals surface area contributed by atoms with Crippen molar-refractivity contribution in [3.05, 3.63) is 41.7 Å². The van der Waals surface area contributed by atoms with E-state index in [2.05, 4.69) is 9.97 Å². The van der Waals surface area contributed by atoms with Crippen molar-refractivity contribution in [3.8, 4) is 5.75 Å². The molecule has 1 unspecified atom stereocenters. The number of ether oxygens (including phenoxy) is 1. The van der Waals surface area contributed by atoms with Crippen LogP contribution in [0, 0.1) is 0 Å². The molecule has 2 N–H and O–H groups in total. The van der Waals surface area contributed by atoms with Gasteiger partial charge in [-0.15, -0.1) is 11.6 Å². The predicted molar refractivity (Wildman–Crippen MR) is 89.3 cm³/mol. The van der Waals surface area contributed by atoms with Gasteiger partial charge in [-0.3, -0.25) is 9.59 Å². The molecule has 7 nitrogen and oxygen atoms in total. The molecule has 2 heterocycles. The normalized spacial score (nSPS) is 16.2. The van der Waals surface area contributed by atoms with E-state index in [1.807, 2.05) is 0 Å². The second kappa shape index (κ2) is 6.45. The van der Waals surface area contributed by atoms with Gasteiger partial charge in [-0.25, -0.2) is 9.97 Å². The minimum absolute atomic E-state index is 0.120. The molecule has 0 saturated heterocycles. The molecule has 0 radical (unpaired) electrons. The molecule has 1 aromatic carbocycles. The number of hydrogen-bond acceptors (Lipinski definition) is 6. The number of amides is 1. The summed E-state index contributed by atoms with van der Waals surface area (Å²) in [5, 5.41) is 0. The number of nitrogens with zero attached hydrogens (tertiary/aromatic N) is 3. The molecule has 0 saturated carbocycles. The number of benzene rings is 1. The van der Waals surface area contributed by atoms with Crippen molar-refractivity contribution in [2.45, 2.75) is 13.0 Å². The lowest BCUT2D eigenvalue weighted by Crippen LogP contribution is -2.38. The second-order valence-corrected chi connectivity index (χ2v) is 5.62. The minimum atomic E-state index is -0.420. The van der Waals surface area contributed by atoms with Gasteiger partial charge < -0.3 is 15.4 Å². The molecule has 0 bridgehead atoms. The van der Waals surface area contributed by atoms with E-state index >= 15 is 0 Å². The third kappa shape index (κ3) is 3.03. The minimum Gasteiger partial charge on any atom is -0.482 e. The van der Waals surface area contributed by atoms with Gasteiger partial charge in [-0.05, 0) is 18.2 Å². The molecule has 124 valence electrons. The van der Waals surface area contributed by atoms with E-state index in [9.17, 15) is 9.59 Å². The number of hydrogen-bond donors (Lipinski definition) is 1. The van der Waals surface area contributed by atoms with Crippen LogP contribution >= 0.6 is 11.6 Å². The summed E-state index contributed by atoms with van der Waals surface area (Å²) in [5.74, 6) is 0.186. The average Bonchev–Trinajstić information content (AvgIpc) is 2.60. The molecule has 1 aromatic heterocycles. The molecule has 0 aliphatic carbocycles. The maximum absolute atomic E-state index is 12.1. The van der Waals surface area contributed by atoms with Crippen LogP contribution < -0.4 is 15.4 Å². The number of halogens is 1. The number of rotatable bonds is 3. The average molecular weight is 347 g/mol. The molecule has 24 heavy (non-hydrogen) atoms. The molecule has 1 amide bonds. The van der Waals surface area contributed by atoms with Gasteiger partial charge in [0.05, 0.1) is 18.1 Å². The zero-order chi connectivity index (χ0) is 17.3. The summed E-state index contributed by atoms with van der Waals surface area (Å²) >= 11 is 5.60. The molecule has 1 atom stereocenters. The maximum Gasteiger partial charge on any atom is 0.224 e. The standard InChI is InChI=1S/C16H15ClN4O3/c1-9(22)21-8-15(11-6-19-16(18)20-7-11)24-14-3-2-10(4-12(14)21)13(23)5-17/h2-4,6-7,15H,5,8H2,1H3,(H2,18,19,20). The first-order chi connectivity index (χ1) is 11.5. The number of fused-ring (bicyclic) bond motifs is 1. The van der Waals surface area contributed by atoms with E-state index in [4.69, 9.17) is 22.1 Å². The van der Waals surface area contributed by atoms with Crippen LogP contribution in [0.5, 0.6) is 5.75 Å². The fourth-order valence-corrected chi connectivity index (χ4v) is 2.67. The van der Waals surface area contributed by atoms with Gasteiger partial charge in [-0.2, -0.15) is 0 Å². The van der Waals surface area contributed by atoms with Gasteiger partial charge in [0.15, 0.2) is 5.78 Å². The number of Topliss-reactive ketones (excluding diaryl/α,β-unsaturated/α-hetero) is 1. The monoisotopic (exact) mass is 346 g/mol. The first-order valence-electron chi connectivity index (χ1n) is 7.25. The predicted octanol–water partition coefficient (Wildman–Crippen LogP) is 1.97. The topological polar surface area (TPSA) is 98.4 Å². The molecular weight excluding hydrogens is 332 g/mol. The van der Waals surface area contributed by atoms with E-state index in [0.717, 1.165) is 0 Å². The third-order valence-electron chi connectivity index (χ3n) is 3.75. The highest BCUT2D eigenvalue weighted by Crippen LogP contribution is 2.38. The van der Waals surface area contributed by atoms with Crippen molar-refractivity contribution in [2.75, 3.05) is 23.1 Å². The summed E-state index contributed by atoms with van der Waals surface area (Å²) in [7, 11) is 0. The van der Waals surface area contributed by atoms with Crippen molar-refractivity contribution in [2.24, 2.45) is 0 Å². The quantitative estimate of drug-likeness (QED) is 0.674. The fraction of sp³-hybridized carbons (Fsp3) is 0.250. The smallest absolute Gasteiger partial charge is 0.224 e. The van der Waals surface area contributed by atoms with Gasteiger partial charge in [0.25, 0.3) is 0 Å². The molecule has 1 aliphatic heterocycles. The highest BCUT2D eigenvalue weighted by molar-refractivity contribution is 6.30. The molecule has 3 rings (SSSR count). The lowest BCUT2D eigenvalue weighted by molar-refractivity contribution is -0.117. The Morgan fingerprint density at radius 1 is 1.38 bits per heavy atom. The SMILES string of the molecule is CC(=O)N1CC(c2cnc(N)nc2)Oc2ccc(C(=O)CCl)cc21. The number of nitrogens with two attached hydrogens (primary N) is 1. The van der Waals surface area contributed by atoms with Gasteiger partial charge in [-0.1, -0.05) is 0 Å². The lowest BCUT2D eigenvalue weighted by Gasteiger charge is -2.34. The Morgan fingerprint density at radius 2 is 2.08 bits per heavy atom. The van der Waals surface area contributed by atoms with Crippen LogP contribution in [0.15, 0.2) is 30.6 Å². The van der Waals surface area contributed by atoms with Crippen molar-refractivity contribution in [3.63, 3.8) is 0 Å². The molecule has 0 fully saturated rings. The zero-order valence-electron chi connectivity index (χ0n) is 12.9. The summed E-state index contributed by atoms with van der Waals surface area (Å²) in [6, 6.07) is 4.91. The summed E-state index contributed by atoms with van der Waals surface area (Å²) < 4.78 is 5.95. The lowest BCUT2D eigenvalue weighted by atomic mass is 10.1. The summed E-state index contributed by atoms with van der Waals surface area (Å²) in [4.78, 5) is 33.3. The van der Waals surface area contributed by atoms with Crippen molar-refractivity contribution >= 4 is 34.9 Å². The fourth-order valence-electron chi connectivity index (χ4n) is 2.52. The molecule has 1 aliphatic rings. The number of ketones is 1. The Hall–Kier alpha value is -2.67. The molecule has 2 aromatic rings. The number of alkyl halides is 1. The van der Waals surface area contributed by atoms with Crippen molar-refractivity contribution < 1.29 is 14.3 Å². The Kier molecular flexibility index (Phi) is 4.35. The Balaban J connectivity index is 1.99. The molecule has 8 heteroatoms. The molecule has 0 spiro atoms. The van der Waals surface area contributed by atoms with Crippen molar-refractivity contribution in [1.82, 2.24) is 9.97 Å². The van der Waals surface area contributed by atoms with Gasteiger partial charge in [0, 0.05) is 30.4 Å². The number of nitrogen functional groups attached to an aromatic ring is 1. The van der Waals surface area contributed by atoms with Gasteiger partial charge in [0.1, 0.15) is 11.9 Å². The first-order valence-corrected chi connectivity index (χ1v) is 7.78. The molecular formula is C16H15ClN4O3. The van der Waals surface area contributed by atoms with Crippen LogP contribution in [0.25, 0.3) is 0 Å². The Bertz CT molecular complexity index is 794. The number of carbonyl (C=O) groups excluding carboxylic acids is 2. The van der Waals surface area contributed by atoms with E-state index in [0.29, 0.717) is 22.6 Å². The van der Waals surface area contributed by atoms with Crippen LogP contribution in [-0.4, -0.2) is 34.1 Å². The number of anilines is 2. The third-order valence-corrected chi connectivity index (χ3v) is 4.00.